The van der Waals surface area contributed by atoms with Crippen LogP contribution in [0.4, 0.5) is 4.79 Å². The molecule has 0 saturated carbocycles. The van der Waals surface area contributed by atoms with Crippen molar-refractivity contribution in [3.63, 3.8) is 0 Å². The molecule has 2 aliphatic heterocycles. The Labute approximate surface area is 218 Å². The SMILES string of the molecule is COCCOCCOCCN(C(=O)NC1CC(C)(C)N([O])C(C)(C)C1)C1CC(C)(C)N([O])C(C)(C)C1. The van der Waals surface area contributed by atoms with E-state index >= 15 is 0 Å². The average molecular weight is 515 g/mol. The number of rotatable bonds is 11. The number of nitrogens with zero attached hydrogens (tertiary/aromatic N) is 3. The summed E-state index contributed by atoms with van der Waals surface area (Å²) in [6.07, 6.45) is 2.29. The Kier molecular flexibility index (Phi) is 10.6. The van der Waals surface area contributed by atoms with Crippen LogP contribution in [-0.4, -0.2) is 102 Å². The van der Waals surface area contributed by atoms with Crippen LogP contribution in [-0.2, 0) is 24.6 Å². The number of urea groups is 1. The van der Waals surface area contributed by atoms with E-state index in [1.165, 1.54) is 5.06 Å². The second kappa shape index (κ2) is 12.2. The molecule has 0 spiro atoms. The van der Waals surface area contributed by atoms with Crippen molar-refractivity contribution in [2.75, 3.05) is 46.7 Å². The maximum atomic E-state index is 13.7. The molecule has 0 aromatic carbocycles. The van der Waals surface area contributed by atoms with Gasteiger partial charge in [-0.25, -0.2) is 4.79 Å². The number of ether oxygens (including phenoxy) is 3. The normalized spacial score (nSPS) is 24.5. The smallest absolute Gasteiger partial charge is 0.317 e. The van der Waals surface area contributed by atoms with Crippen molar-refractivity contribution in [1.82, 2.24) is 20.3 Å². The number of hydrogen-bond acceptors (Lipinski definition) is 6. The molecule has 0 unspecified atom stereocenters. The highest BCUT2D eigenvalue weighted by atomic mass is 16.5. The zero-order valence-electron chi connectivity index (χ0n) is 24.0. The van der Waals surface area contributed by atoms with Crippen molar-refractivity contribution in [2.24, 2.45) is 0 Å². The second-order valence-electron chi connectivity index (χ2n) is 12.9. The molecule has 10 nitrogen and oxygen atoms in total. The maximum Gasteiger partial charge on any atom is 0.317 e. The third kappa shape index (κ3) is 7.99. The van der Waals surface area contributed by atoms with Gasteiger partial charge in [0.25, 0.3) is 0 Å². The van der Waals surface area contributed by atoms with E-state index in [1.54, 1.807) is 7.11 Å². The summed E-state index contributed by atoms with van der Waals surface area (Å²) in [6.45, 7) is 18.2. The van der Waals surface area contributed by atoms with Crippen molar-refractivity contribution in [1.29, 1.82) is 0 Å². The minimum absolute atomic E-state index is 0.109. The molecule has 0 bridgehead atoms. The molecule has 2 amide bonds. The van der Waals surface area contributed by atoms with Crippen LogP contribution in [0, 0.1) is 0 Å². The first-order valence-electron chi connectivity index (χ1n) is 13.2. The van der Waals surface area contributed by atoms with Gasteiger partial charge in [0.1, 0.15) is 0 Å². The Morgan fingerprint density at radius 2 is 1.17 bits per heavy atom. The number of amides is 2. The molecule has 0 aromatic heterocycles. The minimum Gasteiger partial charge on any atom is -0.382 e. The zero-order chi connectivity index (χ0) is 27.4. The number of hydrogen-bond donors (Lipinski definition) is 1. The monoisotopic (exact) mass is 514 g/mol. The van der Waals surface area contributed by atoms with Gasteiger partial charge in [-0.1, -0.05) is 0 Å². The number of carbonyl (C=O) groups excluding carboxylic acids is 1. The van der Waals surface area contributed by atoms with Gasteiger partial charge in [0.05, 0.1) is 33.0 Å². The first-order chi connectivity index (χ1) is 16.5. The number of piperidine rings is 2. The quantitative estimate of drug-likeness (QED) is 0.424. The van der Waals surface area contributed by atoms with Gasteiger partial charge in [-0.3, -0.25) is 0 Å². The molecular weight excluding hydrogens is 464 g/mol. The van der Waals surface area contributed by atoms with E-state index in [9.17, 15) is 15.2 Å². The van der Waals surface area contributed by atoms with Gasteiger partial charge in [-0.05, 0) is 81.1 Å². The average Bonchev–Trinajstić information content (AvgIpc) is 2.73. The highest BCUT2D eigenvalue weighted by molar-refractivity contribution is 5.75. The largest absolute Gasteiger partial charge is 0.382 e. The lowest BCUT2D eigenvalue weighted by Crippen LogP contribution is -2.66. The predicted octanol–water partition coefficient (Wildman–Crippen LogP) is 3.41. The van der Waals surface area contributed by atoms with Crippen molar-refractivity contribution in [3.8, 4) is 0 Å². The summed E-state index contributed by atoms with van der Waals surface area (Å²) in [6, 6.07) is -0.393. The van der Waals surface area contributed by atoms with Crippen LogP contribution in [0.1, 0.15) is 81.1 Å². The fraction of sp³-hybridized carbons (Fsp3) is 0.962. The Balaban J connectivity index is 2.10. The summed E-state index contributed by atoms with van der Waals surface area (Å²) < 4.78 is 16.2. The summed E-state index contributed by atoms with van der Waals surface area (Å²) in [4.78, 5) is 15.5. The van der Waals surface area contributed by atoms with Crippen molar-refractivity contribution < 1.29 is 29.4 Å². The van der Waals surface area contributed by atoms with Gasteiger partial charge in [0.2, 0.25) is 0 Å². The van der Waals surface area contributed by atoms with Crippen LogP contribution in [0.2, 0.25) is 0 Å². The first-order valence-corrected chi connectivity index (χ1v) is 13.2. The summed E-state index contributed by atoms with van der Waals surface area (Å²) in [5, 5.41) is 31.3. The van der Waals surface area contributed by atoms with Crippen LogP contribution in [0.3, 0.4) is 0 Å². The molecular formula is C26H50N4O6. The Morgan fingerprint density at radius 1 is 0.750 bits per heavy atom. The van der Waals surface area contributed by atoms with Crippen molar-refractivity contribution >= 4 is 6.03 Å². The summed E-state index contributed by atoms with van der Waals surface area (Å²) in [7, 11) is 1.63. The Hall–Kier alpha value is -1.01. The van der Waals surface area contributed by atoms with Gasteiger partial charge in [-0.15, -0.1) is 20.5 Å². The fourth-order valence-corrected chi connectivity index (χ4v) is 6.13. The third-order valence-electron chi connectivity index (χ3n) is 7.47. The third-order valence-corrected chi connectivity index (χ3v) is 7.47. The number of hydroxylamine groups is 4. The highest BCUT2D eigenvalue weighted by Gasteiger charge is 2.50. The van der Waals surface area contributed by atoms with Crippen LogP contribution in [0.15, 0.2) is 0 Å². The molecule has 2 radical (unpaired) electrons. The lowest BCUT2D eigenvalue weighted by molar-refractivity contribution is -0.293. The molecule has 0 aromatic rings. The van der Waals surface area contributed by atoms with Crippen LogP contribution < -0.4 is 5.32 Å². The number of nitrogens with one attached hydrogen (secondary N) is 1. The lowest BCUT2D eigenvalue weighted by Gasteiger charge is -2.53. The highest BCUT2D eigenvalue weighted by Crippen LogP contribution is 2.40. The zero-order valence-corrected chi connectivity index (χ0v) is 24.0. The molecule has 0 aliphatic carbocycles. The topological polar surface area (TPSA) is 106 Å². The van der Waals surface area contributed by atoms with Gasteiger partial charge >= 0.3 is 6.03 Å². The second-order valence-corrected chi connectivity index (χ2v) is 12.9. The molecule has 0 atom stereocenters. The molecule has 36 heavy (non-hydrogen) atoms. The standard InChI is InChI=1S/C26H50N4O6/c1-23(2)16-20(17-24(3,4)29(23)32)27-22(31)28(10-11-35-14-15-36-13-12-34-9)21-18-25(5,6)30(33)26(7,8)19-21/h20-21H,10-19H2,1-9H3,(H,27,31). The molecule has 2 rings (SSSR count). The van der Waals surface area contributed by atoms with E-state index in [4.69, 9.17) is 14.2 Å². The Bertz CT molecular complexity index is 679. The molecule has 1 N–H and O–H groups in total. The van der Waals surface area contributed by atoms with E-state index in [-0.39, 0.29) is 18.1 Å². The molecule has 2 fully saturated rings. The van der Waals surface area contributed by atoms with Crippen molar-refractivity contribution in [3.05, 3.63) is 0 Å². The first kappa shape index (κ1) is 31.2. The molecule has 2 saturated heterocycles. The summed E-state index contributed by atoms with van der Waals surface area (Å²) >= 11 is 0. The number of carbonyl (C=O) groups is 1. The van der Waals surface area contributed by atoms with Crippen LogP contribution >= 0.6 is 0 Å². The van der Waals surface area contributed by atoms with Crippen LogP contribution in [0.25, 0.3) is 0 Å². The van der Waals surface area contributed by atoms with Gasteiger partial charge in [0, 0.05) is 47.9 Å². The Morgan fingerprint density at radius 3 is 1.64 bits per heavy atom. The van der Waals surface area contributed by atoms with Crippen molar-refractivity contribution in [2.45, 2.75) is 115 Å². The van der Waals surface area contributed by atoms with E-state index in [2.05, 4.69) is 5.32 Å². The fourth-order valence-electron chi connectivity index (χ4n) is 6.13. The minimum atomic E-state index is -0.598. The van der Waals surface area contributed by atoms with E-state index < -0.39 is 22.2 Å². The number of methoxy groups -OCH3 is 1. The van der Waals surface area contributed by atoms with E-state index in [0.717, 1.165) is 5.06 Å². The molecule has 10 heteroatoms. The lowest BCUT2D eigenvalue weighted by atomic mass is 9.78. The predicted molar refractivity (Wildman–Crippen MR) is 136 cm³/mol. The van der Waals surface area contributed by atoms with Gasteiger partial charge in [0.15, 0.2) is 0 Å². The summed E-state index contributed by atoms with van der Waals surface area (Å²) in [5.74, 6) is 0. The van der Waals surface area contributed by atoms with Gasteiger partial charge in [-0.2, -0.15) is 0 Å². The molecule has 2 heterocycles. The van der Waals surface area contributed by atoms with Gasteiger partial charge < -0.3 is 24.4 Å². The summed E-state index contributed by atoms with van der Waals surface area (Å²) in [5.41, 5.74) is -2.35. The molecule has 210 valence electrons. The van der Waals surface area contributed by atoms with E-state index in [0.29, 0.717) is 65.3 Å². The van der Waals surface area contributed by atoms with E-state index in [1.807, 2.05) is 60.3 Å². The maximum absolute atomic E-state index is 13.7. The van der Waals surface area contributed by atoms with Crippen LogP contribution in [0.5, 0.6) is 0 Å². The molecule has 2 aliphatic rings.